The number of anilines is 1. The van der Waals surface area contributed by atoms with Gasteiger partial charge in [-0.05, 0) is 49.2 Å². The molecule has 0 amide bonds. The molecule has 0 saturated heterocycles. The van der Waals surface area contributed by atoms with Crippen LogP contribution in [0, 0.1) is 5.82 Å². The van der Waals surface area contributed by atoms with Crippen LogP contribution in [-0.4, -0.2) is 18.6 Å². The smallest absolute Gasteiger partial charge is 0.295 e. The molecule has 0 spiro atoms. The summed E-state index contributed by atoms with van der Waals surface area (Å²) in [5.74, 6) is 0.690. The summed E-state index contributed by atoms with van der Waals surface area (Å²) in [5, 5.41) is 7.50. The van der Waals surface area contributed by atoms with Gasteiger partial charge in [-0.3, -0.25) is 4.72 Å². The van der Waals surface area contributed by atoms with Crippen LogP contribution in [-0.2, 0) is 10.0 Å². The Bertz CT molecular complexity index is 974. The number of furan rings is 1. The van der Waals surface area contributed by atoms with Gasteiger partial charge in [0.15, 0.2) is 5.76 Å². The number of nitrogens with one attached hydrogen (secondary N) is 1. The van der Waals surface area contributed by atoms with E-state index in [0.717, 1.165) is 25.0 Å². The normalized spacial score (nSPS) is 14.7. The van der Waals surface area contributed by atoms with Gasteiger partial charge in [0, 0.05) is 11.6 Å². The van der Waals surface area contributed by atoms with Gasteiger partial charge in [0.25, 0.3) is 15.9 Å². The molecule has 0 bridgehead atoms. The highest BCUT2D eigenvalue weighted by Gasteiger charge is 2.30. The predicted octanol–water partition coefficient (Wildman–Crippen LogP) is 3.15. The van der Waals surface area contributed by atoms with Gasteiger partial charge in [-0.25, -0.2) is 4.39 Å². The highest BCUT2D eigenvalue weighted by molar-refractivity contribution is 7.92. The summed E-state index contributed by atoms with van der Waals surface area (Å²) in [7, 11) is -3.94. The summed E-state index contributed by atoms with van der Waals surface area (Å²) in [6.07, 6.45) is 2.03. The van der Waals surface area contributed by atoms with Crippen LogP contribution in [0.4, 0.5) is 10.1 Å². The Morgan fingerprint density at radius 1 is 1.04 bits per heavy atom. The van der Waals surface area contributed by atoms with Crippen LogP contribution in [0.25, 0.3) is 11.7 Å². The van der Waals surface area contributed by atoms with Crippen molar-refractivity contribution in [1.82, 2.24) is 10.2 Å². The molecule has 2 aromatic heterocycles. The van der Waals surface area contributed by atoms with Gasteiger partial charge in [-0.2, -0.15) is 8.42 Å². The molecule has 7 nitrogen and oxygen atoms in total. The molecule has 0 aliphatic heterocycles. The molecule has 24 heavy (non-hydrogen) atoms. The molecule has 1 fully saturated rings. The Balaban J connectivity index is 1.57. The van der Waals surface area contributed by atoms with Crippen molar-refractivity contribution in [1.29, 1.82) is 0 Å². The summed E-state index contributed by atoms with van der Waals surface area (Å²) < 4.78 is 50.6. The van der Waals surface area contributed by atoms with E-state index in [1.54, 1.807) is 0 Å². The van der Waals surface area contributed by atoms with Gasteiger partial charge in [0.05, 0.1) is 0 Å². The van der Waals surface area contributed by atoms with Gasteiger partial charge < -0.3 is 8.83 Å². The number of sulfonamides is 1. The summed E-state index contributed by atoms with van der Waals surface area (Å²) in [6, 6.07) is 7.69. The van der Waals surface area contributed by atoms with Crippen molar-refractivity contribution in [2.75, 3.05) is 4.72 Å². The topological polar surface area (TPSA) is 98.2 Å². The second kappa shape index (κ2) is 5.45. The average molecular weight is 349 g/mol. The van der Waals surface area contributed by atoms with Crippen LogP contribution >= 0.6 is 0 Å². The predicted molar refractivity (Wildman–Crippen MR) is 81.2 cm³/mol. The van der Waals surface area contributed by atoms with E-state index < -0.39 is 15.8 Å². The van der Waals surface area contributed by atoms with E-state index in [9.17, 15) is 12.8 Å². The first-order chi connectivity index (χ1) is 11.5. The molecule has 1 aliphatic carbocycles. The van der Waals surface area contributed by atoms with Crippen molar-refractivity contribution in [2.45, 2.75) is 23.9 Å². The minimum absolute atomic E-state index is 0.139. The average Bonchev–Trinajstić information content (AvgIpc) is 3.09. The zero-order valence-corrected chi connectivity index (χ0v) is 13.1. The molecule has 1 saturated carbocycles. The Morgan fingerprint density at radius 3 is 2.50 bits per heavy atom. The molecule has 0 radical (unpaired) electrons. The van der Waals surface area contributed by atoms with Crippen molar-refractivity contribution in [2.24, 2.45) is 0 Å². The summed E-state index contributed by atoms with van der Waals surface area (Å²) in [6.45, 7) is 0. The van der Waals surface area contributed by atoms with Crippen molar-refractivity contribution in [3.63, 3.8) is 0 Å². The fourth-order valence-corrected chi connectivity index (χ4v) is 3.13. The maximum Gasteiger partial charge on any atom is 0.295 e. The molecule has 1 aromatic carbocycles. The largest absolute Gasteiger partial charge is 0.438 e. The maximum absolute atomic E-state index is 12.9. The highest BCUT2D eigenvalue weighted by Crippen LogP contribution is 2.40. The van der Waals surface area contributed by atoms with E-state index in [1.165, 1.54) is 24.3 Å². The molecular formula is C15H12FN3O4S. The minimum atomic E-state index is -3.94. The SMILES string of the molecule is O=S(=O)(Nc1ccc(F)cc1)c1ccc(-c2nnc(C3CC3)o2)o1. The molecule has 124 valence electrons. The first-order valence-corrected chi connectivity index (χ1v) is 8.71. The van der Waals surface area contributed by atoms with Gasteiger partial charge in [0.2, 0.25) is 11.0 Å². The number of halogens is 1. The van der Waals surface area contributed by atoms with E-state index in [0.29, 0.717) is 11.8 Å². The number of rotatable bonds is 5. The molecule has 0 unspecified atom stereocenters. The van der Waals surface area contributed by atoms with Crippen molar-refractivity contribution < 1.29 is 21.6 Å². The van der Waals surface area contributed by atoms with Crippen LogP contribution in [0.1, 0.15) is 24.7 Å². The molecule has 2 heterocycles. The second-order valence-electron chi connectivity index (χ2n) is 5.45. The van der Waals surface area contributed by atoms with Gasteiger partial charge in [-0.1, -0.05) is 0 Å². The fourth-order valence-electron chi connectivity index (χ4n) is 2.13. The number of hydrogen-bond acceptors (Lipinski definition) is 6. The maximum atomic E-state index is 12.9. The quantitative estimate of drug-likeness (QED) is 0.760. The van der Waals surface area contributed by atoms with Gasteiger partial charge in [-0.15, -0.1) is 10.2 Å². The number of benzene rings is 1. The third-order valence-electron chi connectivity index (χ3n) is 3.52. The molecule has 1 N–H and O–H groups in total. The minimum Gasteiger partial charge on any atom is -0.438 e. The van der Waals surface area contributed by atoms with Crippen molar-refractivity contribution >= 4 is 15.7 Å². The summed E-state index contributed by atoms with van der Waals surface area (Å²) in [4.78, 5) is 0. The summed E-state index contributed by atoms with van der Waals surface area (Å²) >= 11 is 0. The van der Waals surface area contributed by atoms with Crippen LogP contribution < -0.4 is 4.72 Å². The van der Waals surface area contributed by atoms with Crippen molar-refractivity contribution in [3.8, 4) is 11.7 Å². The number of aromatic nitrogens is 2. The third-order valence-corrected chi connectivity index (χ3v) is 4.77. The Labute approximate surface area is 136 Å². The lowest BCUT2D eigenvalue weighted by atomic mass is 10.3. The first-order valence-electron chi connectivity index (χ1n) is 7.23. The standard InChI is InChI=1S/C15H12FN3O4S/c16-10-3-5-11(6-4-10)19-24(20,21)13-8-7-12(22-13)15-18-17-14(23-15)9-1-2-9/h3-9,19H,1-2H2. The molecule has 9 heteroatoms. The van der Waals surface area contributed by atoms with Gasteiger partial charge >= 0.3 is 0 Å². The summed E-state index contributed by atoms with van der Waals surface area (Å²) in [5.41, 5.74) is 0.225. The number of hydrogen-bond donors (Lipinski definition) is 1. The lowest BCUT2D eigenvalue weighted by Crippen LogP contribution is -2.11. The van der Waals surface area contributed by atoms with E-state index >= 15 is 0 Å². The van der Waals surface area contributed by atoms with E-state index in [1.807, 2.05) is 0 Å². The zero-order chi connectivity index (χ0) is 16.7. The molecule has 3 aromatic rings. The second-order valence-corrected chi connectivity index (χ2v) is 7.06. The molecule has 1 aliphatic rings. The highest BCUT2D eigenvalue weighted by atomic mass is 32.2. The lowest BCUT2D eigenvalue weighted by Gasteiger charge is -2.05. The van der Waals surface area contributed by atoms with Gasteiger partial charge in [0.1, 0.15) is 5.82 Å². The van der Waals surface area contributed by atoms with E-state index in [-0.39, 0.29) is 22.4 Å². The number of nitrogens with zero attached hydrogens (tertiary/aromatic N) is 2. The van der Waals surface area contributed by atoms with Crippen LogP contribution in [0.5, 0.6) is 0 Å². The van der Waals surface area contributed by atoms with E-state index in [4.69, 9.17) is 8.83 Å². The van der Waals surface area contributed by atoms with Crippen LogP contribution in [0.15, 0.2) is 50.3 Å². The zero-order valence-electron chi connectivity index (χ0n) is 12.3. The first kappa shape index (κ1) is 14.9. The van der Waals surface area contributed by atoms with Crippen LogP contribution in [0.3, 0.4) is 0 Å². The monoisotopic (exact) mass is 349 g/mol. The Hall–Kier alpha value is -2.68. The van der Waals surface area contributed by atoms with Crippen molar-refractivity contribution in [3.05, 3.63) is 48.1 Å². The Morgan fingerprint density at radius 2 is 1.79 bits per heavy atom. The van der Waals surface area contributed by atoms with E-state index in [2.05, 4.69) is 14.9 Å². The lowest BCUT2D eigenvalue weighted by molar-refractivity contribution is 0.435. The Kier molecular flexibility index (Phi) is 3.38. The van der Waals surface area contributed by atoms with Crippen LogP contribution in [0.2, 0.25) is 0 Å². The molecule has 4 rings (SSSR count). The molecule has 0 atom stereocenters. The molecular weight excluding hydrogens is 337 g/mol. The fraction of sp³-hybridized carbons (Fsp3) is 0.200. The third kappa shape index (κ3) is 2.90.